The van der Waals surface area contributed by atoms with Crippen LogP contribution in [-0.2, 0) is 0 Å². The molecule has 0 radical (unpaired) electrons. The summed E-state index contributed by atoms with van der Waals surface area (Å²) in [5.41, 5.74) is 0.874. The smallest absolute Gasteiger partial charge is 0.311 e. The molecular formula is C12H17N3O3. The van der Waals surface area contributed by atoms with Crippen molar-refractivity contribution in [3.63, 3.8) is 0 Å². The number of nitrogens with one attached hydrogen (secondary N) is 2. The zero-order valence-electron chi connectivity index (χ0n) is 10.3. The molecule has 1 saturated heterocycles. The maximum atomic E-state index is 10.9. The number of nitro benzene ring substituents is 1. The van der Waals surface area contributed by atoms with Crippen LogP contribution in [0.1, 0.15) is 13.3 Å². The molecule has 1 fully saturated rings. The molecule has 1 aromatic carbocycles. The van der Waals surface area contributed by atoms with Crippen molar-refractivity contribution in [2.24, 2.45) is 0 Å². The van der Waals surface area contributed by atoms with Crippen LogP contribution in [0.4, 0.5) is 11.4 Å². The Morgan fingerprint density at radius 2 is 2.33 bits per heavy atom. The number of nitrogens with zero attached hydrogens (tertiary/aromatic N) is 1. The van der Waals surface area contributed by atoms with E-state index in [1.807, 2.05) is 6.92 Å². The summed E-state index contributed by atoms with van der Waals surface area (Å²) < 4.78 is 5.42. The van der Waals surface area contributed by atoms with E-state index >= 15 is 0 Å². The fourth-order valence-electron chi connectivity index (χ4n) is 1.71. The molecule has 1 aromatic rings. The van der Waals surface area contributed by atoms with E-state index in [9.17, 15) is 10.1 Å². The predicted octanol–water partition coefficient (Wildman–Crippen LogP) is 1.77. The summed E-state index contributed by atoms with van der Waals surface area (Å²) >= 11 is 0. The van der Waals surface area contributed by atoms with Crippen LogP contribution in [0.3, 0.4) is 0 Å². The van der Waals surface area contributed by atoms with Crippen molar-refractivity contribution in [3.8, 4) is 5.75 Å². The first-order chi connectivity index (χ1) is 8.70. The van der Waals surface area contributed by atoms with Crippen molar-refractivity contribution in [1.29, 1.82) is 0 Å². The lowest BCUT2D eigenvalue weighted by atomic mass is 10.1. The van der Waals surface area contributed by atoms with Crippen LogP contribution in [-0.4, -0.2) is 30.7 Å². The Hall–Kier alpha value is -1.82. The van der Waals surface area contributed by atoms with Gasteiger partial charge in [-0.1, -0.05) is 6.92 Å². The Morgan fingerprint density at radius 3 is 2.89 bits per heavy atom. The number of nitro groups is 1. The van der Waals surface area contributed by atoms with Gasteiger partial charge in [-0.2, -0.15) is 0 Å². The number of ether oxygens (including phenoxy) is 1. The normalized spacial score (nSPS) is 14.9. The van der Waals surface area contributed by atoms with Gasteiger partial charge < -0.3 is 15.4 Å². The van der Waals surface area contributed by atoms with Crippen LogP contribution >= 0.6 is 0 Å². The highest BCUT2D eigenvalue weighted by molar-refractivity contribution is 5.58. The molecule has 0 amide bonds. The van der Waals surface area contributed by atoms with Crippen molar-refractivity contribution >= 4 is 11.4 Å². The van der Waals surface area contributed by atoms with Gasteiger partial charge in [-0.05, 0) is 12.5 Å². The minimum absolute atomic E-state index is 0.0146. The summed E-state index contributed by atoms with van der Waals surface area (Å²) in [6.07, 6.45) is 0.821. The van der Waals surface area contributed by atoms with E-state index < -0.39 is 4.92 Å². The standard InChI is InChI=1S/C12H17N3O3/c1-2-5-18-12-6-9(14-10-7-13-8-10)3-4-11(12)15(16)17/h3-4,6,10,13-14H,2,5,7-8H2,1H3. The Kier molecular flexibility index (Phi) is 3.99. The molecule has 2 N–H and O–H groups in total. The number of benzene rings is 1. The minimum Gasteiger partial charge on any atom is -0.487 e. The summed E-state index contributed by atoms with van der Waals surface area (Å²) in [4.78, 5) is 10.5. The van der Waals surface area contributed by atoms with Gasteiger partial charge in [0.05, 0.1) is 17.6 Å². The second-order valence-electron chi connectivity index (χ2n) is 4.29. The van der Waals surface area contributed by atoms with Gasteiger partial charge in [0.2, 0.25) is 0 Å². The summed E-state index contributed by atoms with van der Waals surface area (Å²) in [6, 6.07) is 5.30. The van der Waals surface area contributed by atoms with Crippen LogP contribution in [0.15, 0.2) is 18.2 Å². The molecule has 1 aliphatic heterocycles. The van der Waals surface area contributed by atoms with E-state index in [4.69, 9.17) is 4.74 Å². The monoisotopic (exact) mass is 251 g/mol. The summed E-state index contributed by atoms with van der Waals surface area (Å²) in [5.74, 6) is 0.333. The van der Waals surface area contributed by atoms with Gasteiger partial charge in [0.1, 0.15) is 0 Å². The molecule has 1 aliphatic rings. The average molecular weight is 251 g/mol. The first-order valence-corrected chi connectivity index (χ1v) is 6.09. The van der Waals surface area contributed by atoms with Gasteiger partial charge in [0.25, 0.3) is 0 Å². The van der Waals surface area contributed by atoms with Gasteiger partial charge in [0.15, 0.2) is 5.75 Å². The first kappa shape index (κ1) is 12.6. The van der Waals surface area contributed by atoms with Crippen molar-refractivity contribution in [2.75, 3.05) is 25.0 Å². The topological polar surface area (TPSA) is 76.4 Å². The minimum atomic E-state index is -0.417. The van der Waals surface area contributed by atoms with E-state index in [2.05, 4.69) is 10.6 Å². The molecule has 0 spiro atoms. The molecular weight excluding hydrogens is 234 g/mol. The van der Waals surface area contributed by atoms with E-state index in [0.29, 0.717) is 18.4 Å². The molecule has 18 heavy (non-hydrogen) atoms. The van der Waals surface area contributed by atoms with Gasteiger partial charge >= 0.3 is 5.69 Å². The zero-order valence-corrected chi connectivity index (χ0v) is 10.3. The quantitative estimate of drug-likeness (QED) is 0.595. The summed E-state index contributed by atoms with van der Waals surface area (Å²) in [6.45, 7) is 4.29. The highest BCUT2D eigenvalue weighted by Gasteiger charge is 2.19. The maximum Gasteiger partial charge on any atom is 0.311 e. The second-order valence-corrected chi connectivity index (χ2v) is 4.29. The second kappa shape index (κ2) is 5.68. The largest absolute Gasteiger partial charge is 0.487 e. The summed E-state index contributed by atoms with van der Waals surface area (Å²) in [7, 11) is 0. The molecule has 0 aromatic heterocycles. The number of rotatable bonds is 6. The van der Waals surface area contributed by atoms with Crippen molar-refractivity contribution < 1.29 is 9.66 Å². The van der Waals surface area contributed by atoms with Gasteiger partial charge in [0, 0.05) is 30.9 Å². The number of anilines is 1. The molecule has 98 valence electrons. The van der Waals surface area contributed by atoms with Crippen LogP contribution in [0.2, 0.25) is 0 Å². The predicted molar refractivity (Wildman–Crippen MR) is 69.2 cm³/mol. The van der Waals surface area contributed by atoms with E-state index in [0.717, 1.165) is 25.2 Å². The highest BCUT2D eigenvalue weighted by Crippen LogP contribution is 2.30. The van der Waals surface area contributed by atoms with Crippen LogP contribution in [0, 0.1) is 10.1 Å². The zero-order chi connectivity index (χ0) is 13.0. The van der Waals surface area contributed by atoms with Crippen LogP contribution in [0.25, 0.3) is 0 Å². The molecule has 2 rings (SSSR count). The van der Waals surface area contributed by atoms with Crippen LogP contribution < -0.4 is 15.4 Å². The fraction of sp³-hybridized carbons (Fsp3) is 0.500. The molecule has 1 heterocycles. The van der Waals surface area contributed by atoms with Gasteiger partial charge in [-0.15, -0.1) is 0 Å². The molecule has 0 saturated carbocycles. The lowest BCUT2D eigenvalue weighted by Crippen LogP contribution is -2.51. The maximum absolute atomic E-state index is 10.9. The molecule has 6 heteroatoms. The third kappa shape index (κ3) is 2.89. The van der Waals surface area contributed by atoms with E-state index in [-0.39, 0.29) is 5.69 Å². The van der Waals surface area contributed by atoms with E-state index in [1.165, 1.54) is 6.07 Å². The van der Waals surface area contributed by atoms with Gasteiger partial charge in [-0.25, -0.2) is 0 Å². The molecule has 0 bridgehead atoms. The third-order valence-electron chi connectivity index (χ3n) is 2.77. The van der Waals surface area contributed by atoms with E-state index in [1.54, 1.807) is 12.1 Å². The Bertz CT molecular complexity index is 433. The lowest BCUT2D eigenvalue weighted by Gasteiger charge is -2.29. The SMILES string of the molecule is CCCOc1cc(NC2CNC2)ccc1[N+](=O)[O-]. The van der Waals surface area contributed by atoms with Crippen molar-refractivity contribution in [3.05, 3.63) is 28.3 Å². The Morgan fingerprint density at radius 1 is 1.56 bits per heavy atom. The molecule has 0 unspecified atom stereocenters. The molecule has 0 atom stereocenters. The fourth-order valence-corrected chi connectivity index (χ4v) is 1.71. The van der Waals surface area contributed by atoms with Gasteiger partial charge in [-0.3, -0.25) is 10.1 Å². The third-order valence-corrected chi connectivity index (χ3v) is 2.77. The Balaban J connectivity index is 2.14. The lowest BCUT2D eigenvalue weighted by molar-refractivity contribution is -0.385. The Labute approximate surface area is 105 Å². The average Bonchev–Trinajstić information content (AvgIpc) is 2.31. The molecule has 0 aliphatic carbocycles. The number of hydrogen-bond donors (Lipinski definition) is 2. The van der Waals surface area contributed by atoms with Crippen LogP contribution in [0.5, 0.6) is 5.75 Å². The molecule has 6 nitrogen and oxygen atoms in total. The number of hydrogen-bond acceptors (Lipinski definition) is 5. The van der Waals surface area contributed by atoms with Crippen molar-refractivity contribution in [2.45, 2.75) is 19.4 Å². The first-order valence-electron chi connectivity index (χ1n) is 6.09. The highest BCUT2D eigenvalue weighted by atomic mass is 16.6. The van der Waals surface area contributed by atoms with Crippen molar-refractivity contribution in [1.82, 2.24) is 5.32 Å². The summed E-state index contributed by atoms with van der Waals surface area (Å²) in [5, 5.41) is 17.3.